The van der Waals surface area contributed by atoms with E-state index in [-0.39, 0.29) is 33.6 Å². The number of aryl methyl sites for hydroxylation is 1. The molecule has 4 rings (SSSR count). The van der Waals surface area contributed by atoms with Gasteiger partial charge in [0, 0.05) is 28.8 Å². The normalized spacial score (nSPS) is 11.0. The van der Waals surface area contributed by atoms with Crippen LogP contribution in [-0.4, -0.2) is 10.2 Å². The van der Waals surface area contributed by atoms with Crippen molar-refractivity contribution in [1.82, 2.24) is 10.2 Å². The molecule has 150 valence electrons. The highest BCUT2D eigenvalue weighted by Gasteiger charge is 2.25. The molecule has 0 aliphatic heterocycles. The van der Waals surface area contributed by atoms with Crippen molar-refractivity contribution >= 4 is 0 Å². The lowest BCUT2D eigenvalue weighted by molar-refractivity contribution is 0.548. The zero-order valence-electron chi connectivity index (χ0n) is 15.6. The van der Waals surface area contributed by atoms with E-state index in [0.717, 1.165) is 6.07 Å². The van der Waals surface area contributed by atoms with Gasteiger partial charge in [-0.25, -0.2) is 22.0 Å². The topological polar surface area (TPSA) is 25.8 Å². The maximum Gasteiger partial charge on any atom is 0.136 e. The van der Waals surface area contributed by atoms with E-state index in [9.17, 15) is 22.0 Å². The number of hydrogen-bond acceptors (Lipinski definition) is 2. The van der Waals surface area contributed by atoms with E-state index in [2.05, 4.69) is 10.2 Å². The fourth-order valence-electron chi connectivity index (χ4n) is 3.38. The van der Waals surface area contributed by atoms with Crippen LogP contribution >= 0.6 is 0 Å². The number of aromatic nitrogens is 2. The molecule has 1 heterocycles. The Morgan fingerprint density at radius 3 is 1.97 bits per heavy atom. The van der Waals surface area contributed by atoms with Crippen LogP contribution in [0.2, 0.25) is 0 Å². The van der Waals surface area contributed by atoms with Gasteiger partial charge in [0.2, 0.25) is 0 Å². The number of hydrogen-bond donors (Lipinski definition) is 0. The summed E-state index contributed by atoms with van der Waals surface area (Å²) in [5.41, 5.74) is -0.222. The van der Waals surface area contributed by atoms with E-state index in [1.807, 2.05) is 0 Å². The van der Waals surface area contributed by atoms with Crippen LogP contribution in [0, 0.1) is 36.0 Å². The fraction of sp³-hybridized carbons (Fsp3) is 0.0435. The Balaban J connectivity index is 2.16. The van der Waals surface area contributed by atoms with Gasteiger partial charge in [0.1, 0.15) is 34.8 Å². The van der Waals surface area contributed by atoms with E-state index < -0.39 is 34.6 Å². The van der Waals surface area contributed by atoms with E-state index >= 15 is 0 Å². The Kier molecular flexibility index (Phi) is 5.03. The second kappa shape index (κ2) is 7.67. The molecule has 0 bridgehead atoms. The monoisotopic (exact) mass is 412 g/mol. The maximum absolute atomic E-state index is 14.7. The third-order valence-corrected chi connectivity index (χ3v) is 4.65. The second-order valence-corrected chi connectivity index (χ2v) is 6.62. The Bertz CT molecular complexity index is 1250. The number of benzene rings is 3. The van der Waals surface area contributed by atoms with Gasteiger partial charge >= 0.3 is 0 Å². The van der Waals surface area contributed by atoms with Crippen molar-refractivity contribution in [1.29, 1.82) is 0 Å². The van der Waals surface area contributed by atoms with Gasteiger partial charge in [0.15, 0.2) is 0 Å². The third kappa shape index (κ3) is 3.43. The standard InChI is InChI=1S/C23H13F5N2/c1-12-20(22-18(27)10-15(25)11-19(22)28)21(13-5-4-6-14(24)9-13)23(30-29-12)16-7-2-3-8-17(16)26/h2-11H,1H3. The smallest absolute Gasteiger partial charge is 0.136 e. The highest BCUT2D eigenvalue weighted by molar-refractivity contribution is 5.93. The summed E-state index contributed by atoms with van der Waals surface area (Å²) in [6, 6.07) is 12.0. The second-order valence-electron chi connectivity index (χ2n) is 6.62. The first kappa shape index (κ1) is 19.7. The van der Waals surface area contributed by atoms with Crippen molar-refractivity contribution in [3.63, 3.8) is 0 Å². The van der Waals surface area contributed by atoms with Crippen molar-refractivity contribution < 1.29 is 22.0 Å². The average Bonchev–Trinajstić information content (AvgIpc) is 2.69. The lowest BCUT2D eigenvalue weighted by Gasteiger charge is -2.18. The molecule has 0 fully saturated rings. The minimum Gasteiger partial charge on any atom is -0.207 e. The van der Waals surface area contributed by atoms with Crippen LogP contribution in [0.15, 0.2) is 60.7 Å². The van der Waals surface area contributed by atoms with Crippen LogP contribution in [0.4, 0.5) is 22.0 Å². The van der Waals surface area contributed by atoms with Crippen molar-refractivity contribution in [3.05, 3.63) is 95.4 Å². The lowest BCUT2D eigenvalue weighted by Crippen LogP contribution is -2.04. The first-order chi connectivity index (χ1) is 14.4. The molecule has 0 saturated heterocycles. The van der Waals surface area contributed by atoms with Crippen LogP contribution in [0.1, 0.15) is 5.69 Å². The predicted octanol–water partition coefficient (Wildman–Crippen LogP) is 6.48. The summed E-state index contributed by atoms with van der Waals surface area (Å²) >= 11 is 0. The van der Waals surface area contributed by atoms with Gasteiger partial charge < -0.3 is 0 Å². The quantitative estimate of drug-likeness (QED) is 0.360. The fourth-order valence-corrected chi connectivity index (χ4v) is 3.38. The summed E-state index contributed by atoms with van der Waals surface area (Å²) in [4.78, 5) is 0. The molecule has 7 heteroatoms. The molecule has 1 aromatic heterocycles. The number of rotatable bonds is 3. The molecule has 0 unspecified atom stereocenters. The maximum atomic E-state index is 14.7. The molecule has 3 aromatic carbocycles. The highest BCUT2D eigenvalue weighted by atomic mass is 19.2. The Hall–Kier alpha value is -3.61. The van der Waals surface area contributed by atoms with Crippen LogP contribution in [0.3, 0.4) is 0 Å². The highest BCUT2D eigenvalue weighted by Crippen LogP contribution is 2.42. The number of nitrogens with zero attached hydrogens (tertiary/aromatic N) is 2. The molecule has 2 nitrogen and oxygen atoms in total. The minimum atomic E-state index is -1.17. The molecule has 0 spiro atoms. The SMILES string of the molecule is Cc1nnc(-c2ccccc2F)c(-c2cccc(F)c2)c1-c1c(F)cc(F)cc1F. The zero-order valence-corrected chi connectivity index (χ0v) is 15.6. The van der Waals surface area contributed by atoms with Gasteiger partial charge in [-0.3, -0.25) is 0 Å². The first-order valence-electron chi connectivity index (χ1n) is 8.90. The van der Waals surface area contributed by atoms with Gasteiger partial charge in [-0.2, -0.15) is 5.10 Å². The van der Waals surface area contributed by atoms with Crippen LogP contribution in [0.5, 0.6) is 0 Å². The lowest BCUT2D eigenvalue weighted by atomic mass is 9.89. The first-order valence-corrected chi connectivity index (χ1v) is 8.90. The van der Waals surface area contributed by atoms with Gasteiger partial charge in [-0.05, 0) is 36.8 Å². The van der Waals surface area contributed by atoms with Gasteiger partial charge in [0.25, 0.3) is 0 Å². The molecule has 0 radical (unpaired) electrons. The Labute approximate surface area is 168 Å². The summed E-state index contributed by atoms with van der Waals surface area (Å²) in [5.74, 6) is -4.66. The molecule has 0 N–H and O–H groups in total. The molecule has 0 aliphatic rings. The molecular formula is C23H13F5N2. The summed E-state index contributed by atoms with van der Waals surface area (Å²) in [6.45, 7) is 1.46. The third-order valence-electron chi connectivity index (χ3n) is 4.65. The average molecular weight is 412 g/mol. The van der Waals surface area contributed by atoms with Crippen LogP contribution < -0.4 is 0 Å². The molecule has 0 saturated carbocycles. The summed E-state index contributed by atoms with van der Waals surface area (Å²) < 4.78 is 71.4. The van der Waals surface area contributed by atoms with Gasteiger partial charge in [0.05, 0.1) is 11.3 Å². The molecule has 4 aromatic rings. The molecule has 0 atom stereocenters. The Morgan fingerprint density at radius 1 is 0.600 bits per heavy atom. The van der Waals surface area contributed by atoms with Crippen LogP contribution in [0.25, 0.3) is 33.5 Å². The minimum absolute atomic E-state index is 0.0217. The van der Waals surface area contributed by atoms with Crippen molar-refractivity contribution in [2.45, 2.75) is 6.92 Å². The molecule has 0 aliphatic carbocycles. The van der Waals surface area contributed by atoms with E-state index in [0.29, 0.717) is 12.1 Å². The van der Waals surface area contributed by atoms with E-state index in [1.54, 1.807) is 6.07 Å². The van der Waals surface area contributed by atoms with Gasteiger partial charge in [-0.1, -0.05) is 24.3 Å². The van der Waals surface area contributed by atoms with Crippen molar-refractivity contribution in [2.24, 2.45) is 0 Å². The van der Waals surface area contributed by atoms with E-state index in [4.69, 9.17) is 0 Å². The zero-order chi connectivity index (χ0) is 21.4. The van der Waals surface area contributed by atoms with Crippen molar-refractivity contribution in [3.8, 4) is 33.5 Å². The molecule has 0 amide bonds. The van der Waals surface area contributed by atoms with Gasteiger partial charge in [-0.15, -0.1) is 5.10 Å². The predicted molar refractivity (Wildman–Crippen MR) is 103 cm³/mol. The Morgan fingerprint density at radius 2 is 1.30 bits per heavy atom. The van der Waals surface area contributed by atoms with Crippen LogP contribution in [-0.2, 0) is 0 Å². The summed E-state index contributed by atoms with van der Waals surface area (Å²) in [6.07, 6.45) is 0. The largest absolute Gasteiger partial charge is 0.207 e. The summed E-state index contributed by atoms with van der Waals surface area (Å²) in [7, 11) is 0. The van der Waals surface area contributed by atoms with Crippen molar-refractivity contribution in [2.75, 3.05) is 0 Å². The summed E-state index contributed by atoms with van der Waals surface area (Å²) in [5, 5.41) is 8.00. The molecular weight excluding hydrogens is 399 g/mol. The molecule has 30 heavy (non-hydrogen) atoms. The number of halogens is 5. The van der Waals surface area contributed by atoms with E-state index in [1.165, 1.54) is 43.3 Å².